The number of hydrogen-bond acceptors (Lipinski definition) is 2. The van der Waals surface area contributed by atoms with Gasteiger partial charge in [0.15, 0.2) is 5.96 Å². The molecule has 1 aliphatic carbocycles. The molecule has 0 bridgehead atoms. The maximum absolute atomic E-state index is 13.3. The molecule has 2 fully saturated rings. The van der Waals surface area contributed by atoms with Crippen molar-refractivity contribution in [2.24, 2.45) is 16.3 Å². The second-order valence-corrected chi connectivity index (χ2v) is 7.16. The Balaban J connectivity index is 0.00000225. The second kappa shape index (κ2) is 8.16. The predicted octanol–water partition coefficient (Wildman–Crippen LogP) is 3.45. The maximum atomic E-state index is 13.3. The normalized spacial score (nSPS) is 27.1. The number of hydrogen-bond donors (Lipinski definition) is 2. The molecule has 0 spiro atoms. The van der Waals surface area contributed by atoms with Gasteiger partial charge in [-0.1, -0.05) is 13.8 Å². The average molecular weight is 465 g/mol. The molecule has 1 aliphatic heterocycles. The molecule has 140 valence electrons. The molecule has 2 aliphatic rings. The lowest BCUT2D eigenvalue weighted by atomic mass is 9.57. The molecule has 7 heteroatoms. The van der Waals surface area contributed by atoms with Crippen LogP contribution < -0.4 is 10.6 Å². The van der Waals surface area contributed by atoms with Crippen molar-refractivity contribution in [3.8, 4) is 0 Å². The first-order chi connectivity index (χ1) is 11.4. The topological polar surface area (TPSA) is 45.7 Å². The quantitative estimate of drug-likeness (QED) is 0.407. The van der Waals surface area contributed by atoms with Gasteiger partial charge in [0.2, 0.25) is 0 Å². The van der Waals surface area contributed by atoms with Gasteiger partial charge in [0, 0.05) is 36.6 Å². The largest absolute Gasteiger partial charge is 0.377 e. The van der Waals surface area contributed by atoms with Crippen LogP contribution in [0.1, 0.15) is 32.8 Å². The number of benzene rings is 1. The van der Waals surface area contributed by atoms with Gasteiger partial charge < -0.3 is 15.4 Å². The standard InChI is InChI=1S/C18H25F2N3O.HI/c1-4-21-17(22-10-11-7-12(19)9-13(20)8-11)23-15-14-5-6-24-16(14)18(15,2)3;/h7-9,14-16H,4-6,10H2,1-3H3,(H2,21,22,23);1H. The highest BCUT2D eigenvalue weighted by Crippen LogP contribution is 2.52. The van der Waals surface area contributed by atoms with Crippen LogP contribution in [0, 0.1) is 23.0 Å². The van der Waals surface area contributed by atoms with Crippen molar-refractivity contribution in [3.63, 3.8) is 0 Å². The molecule has 0 aromatic heterocycles. The molecule has 1 saturated carbocycles. The van der Waals surface area contributed by atoms with Crippen LogP contribution in [0.3, 0.4) is 0 Å². The Bertz CT molecular complexity index is 618. The first-order valence-corrected chi connectivity index (χ1v) is 8.53. The number of fused-ring (bicyclic) bond motifs is 1. The van der Waals surface area contributed by atoms with Crippen molar-refractivity contribution >= 4 is 29.9 Å². The van der Waals surface area contributed by atoms with E-state index in [4.69, 9.17) is 4.74 Å². The van der Waals surface area contributed by atoms with E-state index < -0.39 is 11.6 Å². The summed E-state index contributed by atoms with van der Waals surface area (Å²) in [6.45, 7) is 8.15. The summed E-state index contributed by atoms with van der Waals surface area (Å²) in [6.07, 6.45) is 1.36. The van der Waals surface area contributed by atoms with Crippen LogP contribution in [-0.2, 0) is 11.3 Å². The Morgan fingerprint density at radius 3 is 2.60 bits per heavy atom. The van der Waals surface area contributed by atoms with Gasteiger partial charge >= 0.3 is 0 Å². The van der Waals surface area contributed by atoms with Gasteiger partial charge in [-0.3, -0.25) is 0 Å². The van der Waals surface area contributed by atoms with Gasteiger partial charge in [-0.25, -0.2) is 13.8 Å². The zero-order chi connectivity index (χ0) is 17.3. The van der Waals surface area contributed by atoms with Crippen molar-refractivity contribution in [3.05, 3.63) is 35.4 Å². The molecule has 3 unspecified atom stereocenters. The molecule has 1 heterocycles. The first kappa shape index (κ1) is 20.4. The minimum absolute atomic E-state index is 0. The van der Waals surface area contributed by atoms with Crippen LogP contribution >= 0.6 is 24.0 Å². The van der Waals surface area contributed by atoms with E-state index in [9.17, 15) is 8.78 Å². The molecular weight excluding hydrogens is 439 g/mol. The van der Waals surface area contributed by atoms with E-state index in [1.165, 1.54) is 12.1 Å². The summed E-state index contributed by atoms with van der Waals surface area (Å²) < 4.78 is 32.4. The number of guanidine groups is 1. The lowest BCUT2D eigenvalue weighted by molar-refractivity contribution is -0.106. The number of halogens is 3. The molecule has 0 amide bonds. The third-order valence-electron chi connectivity index (χ3n) is 5.08. The zero-order valence-electron chi connectivity index (χ0n) is 14.8. The summed E-state index contributed by atoms with van der Waals surface area (Å²) in [5.74, 6) is 0.00882. The van der Waals surface area contributed by atoms with Crippen molar-refractivity contribution in [1.82, 2.24) is 10.6 Å². The van der Waals surface area contributed by atoms with Crippen LogP contribution in [0.5, 0.6) is 0 Å². The molecule has 3 atom stereocenters. The Morgan fingerprint density at radius 2 is 1.96 bits per heavy atom. The highest BCUT2D eigenvalue weighted by atomic mass is 127. The summed E-state index contributed by atoms with van der Waals surface area (Å²) in [4.78, 5) is 4.49. The van der Waals surface area contributed by atoms with Crippen LogP contribution in [0.25, 0.3) is 0 Å². The third kappa shape index (κ3) is 4.24. The summed E-state index contributed by atoms with van der Waals surface area (Å²) in [7, 11) is 0. The van der Waals surface area contributed by atoms with Gasteiger partial charge in [0.25, 0.3) is 0 Å². The van der Waals surface area contributed by atoms with Gasteiger partial charge in [0.05, 0.1) is 12.6 Å². The highest BCUT2D eigenvalue weighted by molar-refractivity contribution is 14.0. The zero-order valence-corrected chi connectivity index (χ0v) is 17.1. The number of nitrogens with zero attached hydrogens (tertiary/aromatic N) is 1. The Hall–Kier alpha value is -0.960. The van der Waals surface area contributed by atoms with Crippen LogP contribution in [-0.4, -0.2) is 31.3 Å². The molecule has 4 nitrogen and oxygen atoms in total. The second-order valence-electron chi connectivity index (χ2n) is 7.16. The van der Waals surface area contributed by atoms with Gasteiger partial charge in [-0.05, 0) is 31.0 Å². The molecule has 3 rings (SSSR count). The van der Waals surface area contributed by atoms with E-state index in [-0.39, 0.29) is 42.0 Å². The molecule has 1 aromatic rings. The number of nitrogens with one attached hydrogen (secondary N) is 2. The number of rotatable bonds is 4. The third-order valence-corrected chi connectivity index (χ3v) is 5.08. The van der Waals surface area contributed by atoms with Crippen LogP contribution in [0.4, 0.5) is 8.78 Å². The smallest absolute Gasteiger partial charge is 0.191 e. The van der Waals surface area contributed by atoms with Gasteiger partial charge in [-0.2, -0.15) is 0 Å². The maximum Gasteiger partial charge on any atom is 0.191 e. The average Bonchev–Trinajstić information content (AvgIpc) is 2.96. The highest BCUT2D eigenvalue weighted by Gasteiger charge is 2.59. The van der Waals surface area contributed by atoms with E-state index in [2.05, 4.69) is 29.5 Å². The van der Waals surface area contributed by atoms with E-state index in [0.29, 0.717) is 23.5 Å². The van der Waals surface area contributed by atoms with Crippen molar-refractivity contribution in [1.29, 1.82) is 0 Å². The summed E-state index contributed by atoms with van der Waals surface area (Å²) in [6, 6.07) is 3.77. The fourth-order valence-electron chi connectivity index (χ4n) is 3.96. The summed E-state index contributed by atoms with van der Waals surface area (Å²) in [5.41, 5.74) is 0.558. The molecule has 1 aromatic carbocycles. The predicted molar refractivity (Wildman–Crippen MR) is 105 cm³/mol. The Labute approximate surface area is 164 Å². The van der Waals surface area contributed by atoms with Crippen molar-refractivity contribution in [2.45, 2.75) is 45.9 Å². The van der Waals surface area contributed by atoms with E-state index in [0.717, 1.165) is 25.6 Å². The van der Waals surface area contributed by atoms with Crippen LogP contribution in [0.15, 0.2) is 23.2 Å². The van der Waals surface area contributed by atoms with Crippen molar-refractivity contribution in [2.75, 3.05) is 13.2 Å². The minimum Gasteiger partial charge on any atom is -0.377 e. The van der Waals surface area contributed by atoms with E-state index >= 15 is 0 Å². The Morgan fingerprint density at radius 1 is 1.28 bits per heavy atom. The fourth-order valence-corrected chi connectivity index (χ4v) is 3.96. The SMILES string of the molecule is CCNC(=NCc1cc(F)cc(F)c1)NC1C2CCOC2C1(C)C.I. The molecule has 25 heavy (non-hydrogen) atoms. The van der Waals surface area contributed by atoms with Gasteiger partial charge in [-0.15, -0.1) is 24.0 Å². The lowest BCUT2D eigenvalue weighted by Crippen LogP contribution is -2.67. The lowest BCUT2D eigenvalue weighted by Gasteiger charge is -2.54. The van der Waals surface area contributed by atoms with E-state index in [1.54, 1.807) is 0 Å². The monoisotopic (exact) mass is 465 g/mol. The summed E-state index contributed by atoms with van der Waals surface area (Å²) >= 11 is 0. The Kier molecular flexibility index (Phi) is 6.64. The van der Waals surface area contributed by atoms with Crippen molar-refractivity contribution < 1.29 is 13.5 Å². The minimum atomic E-state index is -0.579. The molecular formula is C18H26F2IN3O. The van der Waals surface area contributed by atoms with Gasteiger partial charge in [0.1, 0.15) is 11.6 Å². The molecule has 0 radical (unpaired) electrons. The summed E-state index contributed by atoms with van der Waals surface area (Å²) in [5, 5.41) is 6.70. The molecule has 2 N–H and O–H groups in total. The fraction of sp³-hybridized carbons (Fsp3) is 0.611. The number of aliphatic imine (C=N–C) groups is 1. The number of ether oxygens (including phenoxy) is 1. The van der Waals surface area contributed by atoms with E-state index in [1.807, 2.05) is 6.92 Å². The first-order valence-electron chi connectivity index (χ1n) is 8.53. The molecule has 1 saturated heterocycles. The van der Waals surface area contributed by atoms with Crippen LogP contribution in [0.2, 0.25) is 0 Å².